The maximum absolute atomic E-state index is 12.3. The Bertz CT molecular complexity index is 1340. The van der Waals surface area contributed by atoms with Gasteiger partial charge in [-0.2, -0.15) is 10.2 Å². The Kier molecular flexibility index (Phi) is 22.2. The molecule has 0 bridgehead atoms. The van der Waals surface area contributed by atoms with Gasteiger partial charge in [0.25, 0.3) is 0 Å². The van der Waals surface area contributed by atoms with Gasteiger partial charge in [-0.1, -0.05) is 19.3 Å². The molecule has 2 aromatic rings. The smallest absolute Gasteiger partial charge is 0.240 e. The first kappa shape index (κ1) is 43.4. The Balaban J connectivity index is 1.07. The molecule has 0 spiro atoms. The summed E-state index contributed by atoms with van der Waals surface area (Å²) in [6.45, 7) is 7.08. The number of fused-ring (bicyclic) bond motifs is 2. The van der Waals surface area contributed by atoms with Crippen LogP contribution < -0.4 is 29.8 Å². The molecule has 2 N–H and O–H groups in total. The van der Waals surface area contributed by atoms with Gasteiger partial charge in [0.1, 0.15) is 26.4 Å². The van der Waals surface area contributed by atoms with Crippen LogP contribution in [0.5, 0.6) is 23.0 Å². The van der Waals surface area contributed by atoms with Crippen molar-refractivity contribution in [2.75, 3.05) is 106 Å². The van der Waals surface area contributed by atoms with Crippen LogP contribution in [-0.2, 0) is 38.0 Å². The van der Waals surface area contributed by atoms with Crippen LogP contribution >= 0.6 is 0 Å². The summed E-state index contributed by atoms with van der Waals surface area (Å²) >= 11 is 0. The molecule has 0 radical (unpaired) electrons. The SMILES string of the molecule is O=C(CCCCCCCC(=O)N/N=C/c1ccc2c(c1)OCCOCCOCCOCCO2)N/N=C/c1ccc2c(c1)OCCOCCOCCOCCO2. The summed E-state index contributed by atoms with van der Waals surface area (Å²) in [5.74, 6) is 1.96. The van der Waals surface area contributed by atoms with Crippen molar-refractivity contribution in [3.8, 4) is 23.0 Å². The zero-order valence-electron chi connectivity index (χ0n) is 31.7. The van der Waals surface area contributed by atoms with E-state index in [1.807, 2.05) is 12.1 Å². The fraction of sp³-hybridized carbons (Fsp3) is 0.590. The second kappa shape index (κ2) is 28.1. The minimum atomic E-state index is -0.162. The van der Waals surface area contributed by atoms with Crippen molar-refractivity contribution >= 4 is 24.2 Å². The molecule has 0 unspecified atom stereocenters. The lowest BCUT2D eigenvalue weighted by atomic mass is 10.1. The van der Waals surface area contributed by atoms with Gasteiger partial charge in [-0.15, -0.1) is 0 Å². The summed E-state index contributed by atoms with van der Waals surface area (Å²) in [7, 11) is 0. The number of ether oxygens (including phenoxy) is 10. The molecule has 16 heteroatoms. The number of hydrogen-bond donors (Lipinski definition) is 2. The van der Waals surface area contributed by atoms with Crippen molar-refractivity contribution in [3.05, 3.63) is 47.5 Å². The second-order valence-electron chi connectivity index (χ2n) is 12.3. The highest BCUT2D eigenvalue weighted by molar-refractivity contribution is 5.84. The zero-order valence-corrected chi connectivity index (χ0v) is 31.7. The molecule has 0 atom stereocenters. The topological polar surface area (TPSA) is 175 Å². The molecule has 4 rings (SSSR count). The molecule has 0 saturated heterocycles. The first-order valence-corrected chi connectivity index (χ1v) is 19.1. The van der Waals surface area contributed by atoms with E-state index in [0.29, 0.717) is 142 Å². The van der Waals surface area contributed by atoms with Crippen molar-refractivity contribution in [3.63, 3.8) is 0 Å². The molecular weight excluding hydrogens is 716 g/mol. The highest BCUT2D eigenvalue weighted by Gasteiger charge is 2.10. The molecule has 2 amide bonds. The Morgan fingerprint density at radius 3 is 1.11 bits per heavy atom. The molecule has 0 aliphatic carbocycles. The molecule has 2 aromatic carbocycles. The number of hydrazone groups is 2. The van der Waals surface area contributed by atoms with Crippen molar-refractivity contribution < 1.29 is 57.0 Å². The molecule has 2 aliphatic rings. The van der Waals surface area contributed by atoms with Crippen molar-refractivity contribution in [2.45, 2.75) is 44.9 Å². The second-order valence-corrected chi connectivity index (χ2v) is 12.3. The Labute approximate surface area is 323 Å². The first-order valence-electron chi connectivity index (χ1n) is 19.1. The number of rotatable bonds is 12. The summed E-state index contributed by atoms with van der Waals surface area (Å²) < 4.78 is 56.4. The fourth-order valence-corrected chi connectivity index (χ4v) is 5.17. The molecule has 304 valence electrons. The largest absolute Gasteiger partial charge is 0.487 e. The number of carbonyl (C=O) groups excluding carboxylic acids is 2. The summed E-state index contributed by atoms with van der Waals surface area (Å²) in [5, 5.41) is 8.21. The number of amides is 2. The summed E-state index contributed by atoms with van der Waals surface area (Å²) in [6.07, 6.45) is 7.97. The lowest BCUT2D eigenvalue weighted by Gasteiger charge is -2.13. The summed E-state index contributed by atoms with van der Waals surface area (Å²) in [5.41, 5.74) is 6.67. The zero-order chi connectivity index (χ0) is 38.4. The summed E-state index contributed by atoms with van der Waals surface area (Å²) in [6, 6.07) is 10.9. The predicted molar refractivity (Wildman–Crippen MR) is 204 cm³/mol. The third kappa shape index (κ3) is 19.7. The number of unbranched alkanes of at least 4 members (excludes halogenated alkanes) is 4. The van der Waals surface area contributed by atoms with Gasteiger partial charge < -0.3 is 47.4 Å². The number of hydrogen-bond acceptors (Lipinski definition) is 14. The Morgan fingerprint density at radius 2 is 0.745 bits per heavy atom. The van der Waals surface area contributed by atoms with Gasteiger partial charge >= 0.3 is 0 Å². The average Bonchev–Trinajstić information content (AvgIpc) is 3.20. The van der Waals surface area contributed by atoms with E-state index >= 15 is 0 Å². The molecule has 55 heavy (non-hydrogen) atoms. The van der Waals surface area contributed by atoms with Gasteiger partial charge in [-0.3, -0.25) is 9.59 Å². The van der Waals surface area contributed by atoms with Gasteiger partial charge in [0, 0.05) is 12.8 Å². The maximum Gasteiger partial charge on any atom is 0.240 e. The van der Waals surface area contributed by atoms with E-state index in [-0.39, 0.29) is 11.8 Å². The van der Waals surface area contributed by atoms with Gasteiger partial charge in [-0.05, 0) is 60.4 Å². The van der Waals surface area contributed by atoms with E-state index in [9.17, 15) is 9.59 Å². The molecule has 0 saturated carbocycles. The van der Waals surface area contributed by atoms with Crippen LogP contribution in [-0.4, -0.2) is 130 Å². The predicted octanol–water partition coefficient (Wildman–Crippen LogP) is 3.66. The van der Waals surface area contributed by atoms with Gasteiger partial charge in [-0.25, -0.2) is 10.9 Å². The standard InChI is InChI=1S/C39H56N4O12/c44-38(42-40-30-32-8-10-34-36(28-32)54-26-22-50-18-14-46-12-16-48-20-24-52-34)6-4-2-1-3-5-7-39(45)43-41-31-33-9-11-35-37(29-33)55-27-23-51-19-15-47-13-17-49-21-25-53-35/h8-11,28-31H,1-7,12-27H2,(H,42,44)(H,43,45)/b40-30+,41-31+. The Hall–Kier alpha value is -4.32. The molecule has 2 heterocycles. The molecule has 2 aliphatic heterocycles. The molecule has 0 fully saturated rings. The lowest BCUT2D eigenvalue weighted by Crippen LogP contribution is -2.17. The van der Waals surface area contributed by atoms with E-state index in [1.165, 1.54) is 0 Å². The van der Waals surface area contributed by atoms with Crippen LogP contribution in [0.3, 0.4) is 0 Å². The molecule has 0 aromatic heterocycles. The van der Waals surface area contributed by atoms with E-state index in [0.717, 1.165) is 43.2 Å². The maximum atomic E-state index is 12.3. The highest BCUT2D eigenvalue weighted by atomic mass is 16.6. The Morgan fingerprint density at radius 1 is 0.436 bits per heavy atom. The van der Waals surface area contributed by atoms with Gasteiger partial charge in [0.2, 0.25) is 11.8 Å². The van der Waals surface area contributed by atoms with Crippen molar-refractivity contribution in [1.29, 1.82) is 0 Å². The first-order chi connectivity index (χ1) is 27.2. The van der Waals surface area contributed by atoms with E-state index in [1.54, 1.807) is 36.7 Å². The number of nitrogens with zero attached hydrogens (tertiary/aromatic N) is 2. The van der Waals surface area contributed by atoms with Crippen molar-refractivity contribution in [2.24, 2.45) is 10.2 Å². The normalized spacial score (nSPS) is 17.3. The van der Waals surface area contributed by atoms with Gasteiger partial charge in [0.05, 0.1) is 91.7 Å². The third-order valence-electron chi connectivity index (χ3n) is 7.98. The number of carbonyl (C=O) groups is 2. The lowest BCUT2D eigenvalue weighted by molar-refractivity contribution is -0.121. The number of benzene rings is 2. The van der Waals surface area contributed by atoms with Crippen LogP contribution in [0.1, 0.15) is 56.1 Å². The van der Waals surface area contributed by atoms with Crippen LogP contribution in [0, 0.1) is 0 Å². The highest BCUT2D eigenvalue weighted by Crippen LogP contribution is 2.29. The quantitative estimate of drug-likeness (QED) is 0.182. The fourth-order valence-electron chi connectivity index (χ4n) is 5.17. The molecular formula is C39H56N4O12. The van der Waals surface area contributed by atoms with Crippen molar-refractivity contribution in [1.82, 2.24) is 10.9 Å². The van der Waals surface area contributed by atoms with E-state index in [4.69, 9.17) is 47.4 Å². The van der Waals surface area contributed by atoms with E-state index < -0.39 is 0 Å². The monoisotopic (exact) mass is 772 g/mol. The van der Waals surface area contributed by atoms with Gasteiger partial charge in [0.15, 0.2) is 23.0 Å². The van der Waals surface area contributed by atoms with E-state index in [2.05, 4.69) is 21.1 Å². The number of nitrogens with one attached hydrogen (secondary N) is 2. The van der Waals surface area contributed by atoms with Crippen LogP contribution in [0.25, 0.3) is 0 Å². The minimum Gasteiger partial charge on any atom is -0.487 e. The van der Waals surface area contributed by atoms with Crippen LogP contribution in [0.2, 0.25) is 0 Å². The molecule has 16 nitrogen and oxygen atoms in total. The minimum absolute atomic E-state index is 0.162. The third-order valence-corrected chi connectivity index (χ3v) is 7.98. The van der Waals surface area contributed by atoms with Crippen LogP contribution in [0.4, 0.5) is 0 Å². The average molecular weight is 773 g/mol. The van der Waals surface area contributed by atoms with Crippen LogP contribution in [0.15, 0.2) is 46.6 Å². The summed E-state index contributed by atoms with van der Waals surface area (Å²) in [4.78, 5) is 24.6.